The molecule has 0 amide bonds. The zero-order valence-corrected chi connectivity index (χ0v) is 23.2. The smallest absolute Gasteiger partial charge is 0.267 e. The Hall–Kier alpha value is -2.96. The van der Waals surface area contributed by atoms with Crippen molar-refractivity contribution in [3.63, 3.8) is 0 Å². The van der Waals surface area contributed by atoms with E-state index in [9.17, 15) is 13.0 Å². The van der Waals surface area contributed by atoms with Crippen LogP contribution >= 0.6 is 0 Å². The predicted octanol–water partition coefficient (Wildman–Crippen LogP) is 4.56. The van der Waals surface area contributed by atoms with Gasteiger partial charge in [0.1, 0.15) is 30.6 Å². The molecule has 0 atom stereocenters. The van der Waals surface area contributed by atoms with Gasteiger partial charge in [0.15, 0.2) is 5.65 Å². The number of nitrogens with one attached hydrogen (secondary N) is 1. The third kappa shape index (κ3) is 7.37. The summed E-state index contributed by atoms with van der Waals surface area (Å²) >= 11 is 0. The van der Waals surface area contributed by atoms with Crippen molar-refractivity contribution >= 4 is 27.7 Å². The summed E-state index contributed by atoms with van der Waals surface area (Å²) in [6, 6.07) is 6.67. The lowest BCUT2D eigenvalue weighted by atomic mass is 9.93. The van der Waals surface area contributed by atoms with Crippen molar-refractivity contribution < 1.29 is 31.9 Å². The molecule has 0 spiro atoms. The summed E-state index contributed by atoms with van der Waals surface area (Å²) in [5.74, 6) is 3.03. The molecule has 0 saturated carbocycles. The fourth-order valence-corrected chi connectivity index (χ4v) is 5.83. The van der Waals surface area contributed by atoms with E-state index in [2.05, 4.69) is 15.3 Å². The SMILES string of the molecule is COCCOc1nc2nc(C)nc(NCc3cccc(C(F)F)c3OCCOC)c2cc1C1CCS(=O)CC1. The number of aryl methyl sites for hydroxylation is 1. The van der Waals surface area contributed by atoms with E-state index in [4.69, 9.17) is 23.9 Å². The molecule has 1 aliphatic heterocycles. The van der Waals surface area contributed by atoms with Gasteiger partial charge in [-0.25, -0.2) is 18.7 Å². The number of benzene rings is 1. The second-order valence-corrected chi connectivity index (χ2v) is 10.9. The molecular weight excluding hydrogens is 530 g/mol. The monoisotopic (exact) mass is 564 g/mol. The van der Waals surface area contributed by atoms with Crippen molar-refractivity contribution in [2.75, 3.05) is 57.5 Å². The number of aromatic nitrogens is 3. The van der Waals surface area contributed by atoms with Gasteiger partial charge in [-0.3, -0.25) is 4.21 Å². The lowest BCUT2D eigenvalue weighted by Crippen LogP contribution is -2.19. The Bertz CT molecular complexity index is 1290. The molecule has 212 valence electrons. The Labute approximate surface area is 229 Å². The predicted molar refractivity (Wildman–Crippen MR) is 145 cm³/mol. The second-order valence-electron chi connectivity index (χ2n) is 9.17. The van der Waals surface area contributed by atoms with Crippen LogP contribution in [0, 0.1) is 6.92 Å². The average molecular weight is 565 g/mol. The van der Waals surface area contributed by atoms with Gasteiger partial charge in [0, 0.05) is 54.2 Å². The first-order chi connectivity index (χ1) is 18.9. The molecule has 0 bridgehead atoms. The quantitative estimate of drug-likeness (QED) is 0.299. The Morgan fingerprint density at radius 2 is 1.74 bits per heavy atom. The number of hydrogen-bond donors (Lipinski definition) is 1. The standard InChI is InChI=1S/C27H34F2N4O5S/c1-17-31-25(30-16-19-5-4-6-20(24(28)29)23(19)37-11-9-35-2)22-15-21(18-7-13-39(34)14-8-18)27(33-26(22)32-17)38-12-10-36-3/h4-6,15,18,24H,7-14,16H2,1-3H3,(H,30,31,32,33). The summed E-state index contributed by atoms with van der Waals surface area (Å²) < 4.78 is 61.3. The highest BCUT2D eigenvalue weighted by Crippen LogP contribution is 2.37. The van der Waals surface area contributed by atoms with Gasteiger partial charge in [-0.1, -0.05) is 12.1 Å². The van der Waals surface area contributed by atoms with Crippen molar-refractivity contribution in [1.29, 1.82) is 0 Å². The van der Waals surface area contributed by atoms with Gasteiger partial charge in [0.2, 0.25) is 5.88 Å². The molecule has 0 unspecified atom stereocenters. The van der Waals surface area contributed by atoms with Crippen molar-refractivity contribution in [3.05, 3.63) is 46.8 Å². The molecule has 39 heavy (non-hydrogen) atoms. The highest BCUT2D eigenvalue weighted by Gasteiger charge is 2.25. The maximum atomic E-state index is 13.7. The van der Waals surface area contributed by atoms with Gasteiger partial charge in [0.25, 0.3) is 6.43 Å². The van der Waals surface area contributed by atoms with Crippen molar-refractivity contribution in [1.82, 2.24) is 15.0 Å². The Morgan fingerprint density at radius 1 is 1.03 bits per heavy atom. The number of hydrogen-bond acceptors (Lipinski definition) is 9. The molecule has 1 saturated heterocycles. The van der Waals surface area contributed by atoms with E-state index < -0.39 is 17.2 Å². The van der Waals surface area contributed by atoms with Crippen LogP contribution < -0.4 is 14.8 Å². The fraction of sp³-hybridized carbons (Fsp3) is 0.519. The Balaban J connectivity index is 1.69. The number of para-hydroxylation sites is 1. The first-order valence-electron chi connectivity index (χ1n) is 12.8. The van der Waals surface area contributed by atoms with Crippen LogP contribution in [0.2, 0.25) is 0 Å². The van der Waals surface area contributed by atoms with Crippen molar-refractivity contribution in [3.8, 4) is 11.6 Å². The van der Waals surface area contributed by atoms with Crippen LogP contribution in [0.4, 0.5) is 14.6 Å². The van der Waals surface area contributed by atoms with E-state index in [-0.39, 0.29) is 37.0 Å². The molecular formula is C27H34F2N4O5S. The summed E-state index contributed by atoms with van der Waals surface area (Å²) in [6.45, 7) is 3.13. The van der Waals surface area contributed by atoms with Crippen molar-refractivity contribution in [2.45, 2.75) is 38.7 Å². The summed E-state index contributed by atoms with van der Waals surface area (Å²) in [6.07, 6.45) is -1.16. The zero-order valence-electron chi connectivity index (χ0n) is 22.4. The molecule has 0 radical (unpaired) electrons. The molecule has 2 aromatic heterocycles. The maximum Gasteiger partial charge on any atom is 0.267 e. The van der Waals surface area contributed by atoms with E-state index in [1.54, 1.807) is 26.2 Å². The van der Waals surface area contributed by atoms with Gasteiger partial charge in [0.05, 0.1) is 24.2 Å². The zero-order chi connectivity index (χ0) is 27.8. The lowest BCUT2D eigenvalue weighted by Gasteiger charge is -2.24. The van der Waals surface area contributed by atoms with Crippen LogP contribution in [-0.2, 0) is 26.8 Å². The lowest BCUT2D eigenvalue weighted by molar-refractivity contribution is 0.128. The largest absolute Gasteiger partial charge is 0.490 e. The van der Waals surface area contributed by atoms with E-state index in [0.717, 1.165) is 18.4 Å². The van der Waals surface area contributed by atoms with Crippen LogP contribution in [0.25, 0.3) is 11.0 Å². The first kappa shape index (κ1) is 29.0. The van der Waals surface area contributed by atoms with Crippen LogP contribution in [0.3, 0.4) is 0 Å². The fourth-order valence-electron chi connectivity index (χ4n) is 4.53. The van der Waals surface area contributed by atoms with Crippen LogP contribution in [0.15, 0.2) is 24.3 Å². The molecule has 3 aromatic rings. The van der Waals surface area contributed by atoms with E-state index in [1.165, 1.54) is 13.2 Å². The molecule has 1 N–H and O–H groups in total. The number of ether oxygens (including phenoxy) is 4. The van der Waals surface area contributed by atoms with Gasteiger partial charge < -0.3 is 24.3 Å². The van der Waals surface area contributed by atoms with E-state index >= 15 is 0 Å². The maximum absolute atomic E-state index is 13.7. The third-order valence-corrected chi connectivity index (χ3v) is 7.87. The number of methoxy groups -OCH3 is 2. The first-order valence-corrected chi connectivity index (χ1v) is 14.3. The number of anilines is 1. The number of pyridine rings is 1. The van der Waals surface area contributed by atoms with E-state index in [0.29, 0.717) is 58.8 Å². The Kier molecular flexibility index (Phi) is 10.4. The Morgan fingerprint density at radius 3 is 2.44 bits per heavy atom. The summed E-state index contributed by atoms with van der Waals surface area (Å²) in [7, 11) is 2.32. The van der Waals surface area contributed by atoms with Gasteiger partial charge in [-0.05, 0) is 37.8 Å². The molecule has 1 aromatic carbocycles. The van der Waals surface area contributed by atoms with E-state index in [1.807, 2.05) is 6.07 Å². The number of nitrogens with zero attached hydrogens (tertiary/aromatic N) is 3. The van der Waals surface area contributed by atoms with Crippen molar-refractivity contribution in [2.24, 2.45) is 0 Å². The molecule has 12 heteroatoms. The van der Waals surface area contributed by atoms with Gasteiger partial charge >= 0.3 is 0 Å². The highest BCUT2D eigenvalue weighted by molar-refractivity contribution is 7.85. The number of halogens is 2. The van der Waals surface area contributed by atoms with Crippen LogP contribution in [0.1, 0.15) is 47.7 Å². The topological polar surface area (TPSA) is 105 Å². The number of rotatable bonds is 13. The normalized spacial score (nSPS) is 17.5. The second kappa shape index (κ2) is 13.9. The highest BCUT2D eigenvalue weighted by atomic mass is 32.2. The molecule has 4 rings (SSSR count). The third-order valence-electron chi connectivity index (χ3n) is 6.49. The minimum Gasteiger partial charge on any atom is -0.490 e. The molecule has 1 aliphatic rings. The summed E-state index contributed by atoms with van der Waals surface area (Å²) in [4.78, 5) is 13.9. The summed E-state index contributed by atoms with van der Waals surface area (Å²) in [5.41, 5.74) is 1.76. The molecule has 3 heterocycles. The molecule has 0 aliphatic carbocycles. The minimum absolute atomic E-state index is 0.134. The van der Waals surface area contributed by atoms with Crippen LogP contribution in [0.5, 0.6) is 11.6 Å². The van der Waals surface area contributed by atoms with Gasteiger partial charge in [-0.2, -0.15) is 4.98 Å². The minimum atomic E-state index is -2.68. The number of fused-ring (bicyclic) bond motifs is 1. The molecule has 9 nitrogen and oxygen atoms in total. The van der Waals surface area contributed by atoms with Gasteiger partial charge in [-0.15, -0.1) is 0 Å². The summed E-state index contributed by atoms with van der Waals surface area (Å²) in [5, 5.41) is 3.98. The molecule has 1 fully saturated rings. The average Bonchev–Trinajstić information content (AvgIpc) is 2.92. The van der Waals surface area contributed by atoms with Crippen LogP contribution in [-0.4, -0.2) is 71.3 Å². The number of alkyl halides is 2.